The van der Waals surface area contributed by atoms with Crippen LogP contribution >= 0.6 is 23.2 Å². The van der Waals surface area contributed by atoms with Gasteiger partial charge in [-0.1, -0.05) is 53.9 Å². The van der Waals surface area contributed by atoms with Crippen molar-refractivity contribution in [2.24, 2.45) is 0 Å². The standard InChI is InChI=1S/C23H28Cl2N2O3/c1-4-21(23(29)26-3)27(15-18-19(24)7-5-8-20(18)25)22(28)9-6-14-30-17-12-10-16(2)11-13-17/h5,7-8,10-13,21H,4,6,9,14-15H2,1-3H3,(H,26,29). The second-order valence-corrected chi connectivity index (χ2v) is 7.84. The summed E-state index contributed by atoms with van der Waals surface area (Å²) < 4.78 is 5.71. The maximum atomic E-state index is 13.1. The number of aryl methyl sites for hydroxylation is 1. The van der Waals surface area contributed by atoms with Gasteiger partial charge in [0.15, 0.2) is 0 Å². The number of hydrogen-bond acceptors (Lipinski definition) is 3. The number of halogens is 2. The average Bonchev–Trinajstić information content (AvgIpc) is 2.73. The first-order valence-electron chi connectivity index (χ1n) is 10.0. The van der Waals surface area contributed by atoms with Crippen molar-refractivity contribution in [2.45, 2.75) is 45.7 Å². The van der Waals surface area contributed by atoms with Crippen LogP contribution in [0.5, 0.6) is 5.75 Å². The van der Waals surface area contributed by atoms with Crippen LogP contribution in [0.2, 0.25) is 10.0 Å². The Morgan fingerprint density at radius 3 is 2.30 bits per heavy atom. The molecular weight excluding hydrogens is 423 g/mol. The van der Waals surface area contributed by atoms with Crippen LogP contribution < -0.4 is 10.1 Å². The molecule has 0 fully saturated rings. The number of likely N-dealkylation sites (N-methyl/N-ethyl adjacent to an activating group) is 1. The molecule has 162 valence electrons. The molecule has 0 radical (unpaired) electrons. The van der Waals surface area contributed by atoms with E-state index in [1.165, 1.54) is 0 Å². The lowest BCUT2D eigenvalue weighted by Crippen LogP contribution is -2.48. The Morgan fingerprint density at radius 1 is 1.10 bits per heavy atom. The third-order valence-electron chi connectivity index (χ3n) is 4.85. The van der Waals surface area contributed by atoms with Gasteiger partial charge in [0.05, 0.1) is 6.61 Å². The van der Waals surface area contributed by atoms with Gasteiger partial charge in [0.2, 0.25) is 11.8 Å². The Balaban J connectivity index is 2.07. The molecule has 1 atom stereocenters. The lowest BCUT2D eigenvalue weighted by atomic mass is 10.1. The number of ether oxygens (including phenoxy) is 1. The molecule has 0 aliphatic rings. The minimum Gasteiger partial charge on any atom is -0.494 e. The zero-order chi connectivity index (χ0) is 22.1. The van der Waals surface area contributed by atoms with Crippen molar-refractivity contribution in [3.63, 3.8) is 0 Å². The highest BCUT2D eigenvalue weighted by Crippen LogP contribution is 2.27. The molecule has 0 saturated carbocycles. The van der Waals surface area contributed by atoms with E-state index in [1.54, 1.807) is 30.1 Å². The lowest BCUT2D eigenvalue weighted by molar-refractivity contribution is -0.141. The van der Waals surface area contributed by atoms with Gasteiger partial charge in [0.1, 0.15) is 11.8 Å². The van der Waals surface area contributed by atoms with E-state index in [9.17, 15) is 9.59 Å². The highest BCUT2D eigenvalue weighted by molar-refractivity contribution is 6.36. The lowest BCUT2D eigenvalue weighted by Gasteiger charge is -2.31. The van der Waals surface area contributed by atoms with Gasteiger partial charge >= 0.3 is 0 Å². The van der Waals surface area contributed by atoms with Gasteiger partial charge in [-0.05, 0) is 44.0 Å². The summed E-state index contributed by atoms with van der Waals surface area (Å²) in [5.41, 5.74) is 1.79. The number of carbonyl (C=O) groups is 2. The second-order valence-electron chi connectivity index (χ2n) is 7.03. The van der Waals surface area contributed by atoms with Gasteiger partial charge < -0.3 is 15.0 Å². The van der Waals surface area contributed by atoms with Crippen molar-refractivity contribution in [2.75, 3.05) is 13.7 Å². The van der Waals surface area contributed by atoms with Crippen LogP contribution in [0.3, 0.4) is 0 Å². The van der Waals surface area contributed by atoms with Crippen molar-refractivity contribution in [1.82, 2.24) is 10.2 Å². The summed E-state index contributed by atoms with van der Waals surface area (Å²) in [6.07, 6.45) is 1.26. The molecule has 0 spiro atoms. The first kappa shape index (κ1) is 24.0. The highest BCUT2D eigenvalue weighted by atomic mass is 35.5. The topological polar surface area (TPSA) is 58.6 Å². The third-order valence-corrected chi connectivity index (χ3v) is 5.56. The summed E-state index contributed by atoms with van der Waals surface area (Å²) in [6, 6.07) is 12.4. The Hall–Kier alpha value is -2.24. The quantitative estimate of drug-likeness (QED) is 0.517. The monoisotopic (exact) mass is 450 g/mol. The van der Waals surface area contributed by atoms with E-state index in [1.807, 2.05) is 38.1 Å². The molecule has 2 rings (SSSR count). The fraction of sp³-hybridized carbons (Fsp3) is 0.391. The first-order chi connectivity index (χ1) is 14.4. The summed E-state index contributed by atoms with van der Waals surface area (Å²) in [5.74, 6) is 0.406. The SMILES string of the molecule is CCC(C(=O)NC)N(Cc1c(Cl)cccc1Cl)C(=O)CCCOc1ccc(C)cc1. The molecule has 2 amide bonds. The fourth-order valence-corrected chi connectivity index (χ4v) is 3.65. The molecule has 5 nitrogen and oxygen atoms in total. The third kappa shape index (κ3) is 6.64. The molecular formula is C23H28Cl2N2O3. The molecule has 0 aromatic heterocycles. The molecule has 7 heteroatoms. The van der Waals surface area contributed by atoms with Gasteiger partial charge in [-0.3, -0.25) is 9.59 Å². The van der Waals surface area contributed by atoms with Crippen LogP contribution in [0.4, 0.5) is 0 Å². The molecule has 1 N–H and O–H groups in total. The predicted octanol–water partition coefficient (Wildman–Crippen LogP) is 5.01. The Kier molecular flexibility index (Phi) is 9.47. The van der Waals surface area contributed by atoms with Crippen LogP contribution in [-0.4, -0.2) is 36.4 Å². The van der Waals surface area contributed by atoms with E-state index in [0.717, 1.165) is 11.3 Å². The highest BCUT2D eigenvalue weighted by Gasteiger charge is 2.28. The normalized spacial score (nSPS) is 11.6. The van der Waals surface area contributed by atoms with Gasteiger partial charge in [-0.15, -0.1) is 0 Å². The smallest absolute Gasteiger partial charge is 0.242 e. The average molecular weight is 451 g/mol. The van der Waals surface area contributed by atoms with E-state index < -0.39 is 6.04 Å². The van der Waals surface area contributed by atoms with Crippen LogP contribution in [0.25, 0.3) is 0 Å². The summed E-state index contributed by atoms with van der Waals surface area (Å²) in [6.45, 7) is 4.46. The van der Waals surface area contributed by atoms with E-state index in [2.05, 4.69) is 5.32 Å². The number of nitrogens with one attached hydrogen (secondary N) is 1. The van der Waals surface area contributed by atoms with Crippen molar-refractivity contribution in [3.8, 4) is 5.75 Å². The van der Waals surface area contributed by atoms with Crippen LogP contribution in [0.15, 0.2) is 42.5 Å². The van der Waals surface area contributed by atoms with Gasteiger partial charge in [0, 0.05) is 35.6 Å². The van der Waals surface area contributed by atoms with Crippen molar-refractivity contribution >= 4 is 35.0 Å². The summed E-state index contributed by atoms with van der Waals surface area (Å²) in [7, 11) is 1.56. The Bertz CT molecular complexity index is 836. The van der Waals surface area contributed by atoms with Crippen molar-refractivity contribution in [1.29, 1.82) is 0 Å². The first-order valence-corrected chi connectivity index (χ1v) is 10.8. The minimum atomic E-state index is -0.604. The van der Waals surface area contributed by atoms with Gasteiger partial charge in [0.25, 0.3) is 0 Å². The second kappa shape index (κ2) is 11.8. The maximum Gasteiger partial charge on any atom is 0.242 e. The molecule has 0 aliphatic carbocycles. The zero-order valence-corrected chi connectivity index (χ0v) is 19.1. The van der Waals surface area contributed by atoms with Gasteiger partial charge in [-0.2, -0.15) is 0 Å². The molecule has 0 aliphatic heterocycles. The van der Waals surface area contributed by atoms with E-state index in [4.69, 9.17) is 27.9 Å². The number of carbonyl (C=O) groups excluding carboxylic acids is 2. The molecule has 0 saturated heterocycles. The largest absolute Gasteiger partial charge is 0.494 e. The number of nitrogens with zero attached hydrogens (tertiary/aromatic N) is 1. The van der Waals surface area contributed by atoms with Crippen molar-refractivity contribution < 1.29 is 14.3 Å². The number of rotatable bonds is 10. The predicted molar refractivity (Wildman–Crippen MR) is 121 cm³/mol. The molecule has 2 aromatic rings. The van der Waals surface area contributed by atoms with Crippen molar-refractivity contribution in [3.05, 3.63) is 63.6 Å². The molecule has 0 bridgehead atoms. The molecule has 30 heavy (non-hydrogen) atoms. The van der Waals surface area contributed by atoms with Gasteiger partial charge in [-0.25, -0.2) is 0 Å². The summed E-state index contributed by atoms with van der Waals surface area (Å²) >= 11 is 12.6. The number of hydrogen-bond donors (Lipinski definition) is 1. The van der Waals surface area contributed by atoms with Crippen LogP contribution in [0.1, 0.15) is 37.3 Å². The molecule has 2 aromatic carbocycles. The number of amides is 2. The summed E-state index contributed by atoms with van der Waals surface area (Å²) in [4.78, 5) is 27.0. The molecule has 1 unspecified atom stereocenters. The fourth-order valence-electron chi connectivity index (χ4n) is 3.13. The Labute approximate surface area is 188 Å². The van der Waals surface area contributed by atoms with Crippen LogP contribution in [-0.2, 0) is 16.1 Å². The van der Waals surface area contributed by atoms with E-state index in [0.29, 0.717) is 35.1 Å². The maximum absolute atomic E-state index is 13.1. The summed E-state index contributed by atoms with van der Waals surface area (Å²) in [5, 5.41) is 3.57. The van der Waals surface area contributed by atoms with Crippen LogP contribution in [0, 0.1) is 6.92 Å². The number of benzene rings is 2. The van der Waals surface area contributed by atoms with E-state index >= 15 is 0 Å². The zero-order valence-electron chi connectivity index (χ0n) is 17.6. The Morgan fingerprint density at radius 2 is 1.73 bits per heavy atom. The molecule has 0 heterocycles. The van der Waals surface area contributed by atoms with E-state index in [-0.39, 0.29) is 24.8 Å². The minimum absolute atomic E-state index is 0.144.